The first-order chi connectivity index (χ1) is 6.34. The maximum Gasteiger partial charge on any atom is 0.164 e. The number of nitrogens with zero attached hydrogens (tertiary/aromatic N) is 4. The number of carbonyl (C=O) groups is 1. The molecule has 1 aromatic heterocycles. The fourth-order valence-corrected chi connectivity index (χ4v) is 0.868. The minimum atomic E-state index is -0.0551. The number of Topliss-reactive ketones (excluding diaryl/α,β-unsaturated/α-hetero) is 1. The van der Waals surface area contributed by atoms with Gasteiger partial charge in [0, 0.05) is 35.8 Å². The molecule has 1 rings (SSSR count). The van der Waals surface area contributed by atoms with E-state index in [1.165, 1.54) is 6.20 Å². The SMILES string of the molecule is [N-]=[N+]=NCCC(=O)c1cccnc1. The lowest BCUT2D eigenvalue weighted by Crippen LogP contribution is -2.00. The highest BCUT2D eigenvalue weighted by Gasteiger charge is 2.03. The topological polar surface area (TPSA) is 78.7 Å². The number of carbonyl (C=O) groups excluding carboxylic acids is 1. The summed E-state index contributed by atoms with van der Waals surface area (Å²) in [6.45, 7) is 0.199. The van der Waals surface area contributed by atoms with Crippen molar-refractivity contribution >= 4 is 5.78 Å². The molecule has 0 saturated heterocycles. The van der Waals surface area contributed by atoms with Gasteiger partial charge in [0.15, 0.2) is 5.78 Å². The highest BCUT2D eigenvalue weighted by atomic mass is 16.1. The fourth-order valence-electron chi connectivity index (χ4n) is 0.868. The van der Waals surface area contributed by atoms with E-state index in [0.717, 1.165) is 0 Å². The Labute approximate surface area is 75.0 Å². The molecule has 66 valence electrons. The lowest BCUT2D eigenvalue weighted by Gasteiger charge is -1.95. The number of hydrogen-bond donors (Lipinski definition) is 0. The first-order valence-corrected chi connectivity index (χ1v) is 3.78. The third kappa shape index (κ3) is 2.92. The quantitative estimate of drug-likeness (QED) is 0.304. The summed E-state index contributed by atoms with van der Waals surface area (Å²) >= 11 is 0. The summed E-state index contributed by atoms with van der Waals surface area (Å²) in [5.41, 5.74) is 8.54. The van der Waals surface area contributed by atoms with E-state index < -0.39 is 0 Å². The minimum absolute atomic E-state index is 0.0551. The maximum atomic E-state index is 11.3. The number of pyridine rings is 1. The molecule has 13 heavy (non-hydrogen) atoms. The average molecular weight is 176 g/mol. The summed E-state index contributed by atoms with van der Waals surface area (Å²) in [5, 5.41) is 3.28. The third-order valence-electron chi connectivity index (χ3n) is 1.49. The second-order valence-corrected chi connectivity index (χ2v) is 2.37. The molecule has 0 spiro atoms. The zero-order valence-electron chi connectivity index (χ0n) is 6.92. The maximum absolute atomic E-state index is 11.3. The van der Waals surface area contributed by atoms with Gasteiger partial charge in [-0.15, -0.1) is 0 Å². The highest BCUT2D eigenvalue weighted by Crippen LogP contribution is 2.00. The Bertz CT molecular complexity index is 329. The Morgan fingerprint density at radius 3 is 3.15 bits per heavy atom. The van der Waals surface area contributed by atoms with Crippen LogP contribution in [-0.2, 0) is 0 Å². The van der Waals surface area contributed by atoms with Crippen LogP contribution in [0.5, 0.6) is 0 Å². The van der Waals surface area contributed by atoms with Gasteiger partial charge in [0.2, 0.25) is 0 Å². The molecule has 0 aliphatic rings. The van der Waals surface area contributed by atoms with Gasteiger partial charge in [-0.3, -0.25) is 9.78 Å². The van der Waals surface area contributed by atoms with E-state index in [1.54, 1.807) is 18.3 Å². The minimum Gasteiger partial charge on any atom is -0.294 e. The van der Waals surface area contributed by atoms with Crippen molar-refractivity contribution in [3.63, 3.8) is 0 Å². The van der Waals surface area contributed by atoms with Crippen LogP contribution in [0.15, 0.2) is 29.6 Å². The van der Waals surface area contributed by atoms with Crippen molar-refractivity contribution in [2.45, 2.75) is 6.42 Å². The van der Waals surface area contributed by atoms with Crippen molar-refractivity contribution in [3.8, 4) is 0 Å². The van der Waals surface area contributed by atoms with E-state index in [-0.39, 0.29) is 18.7 Å². The van der Waals surface area contributed by atoms with Crippen molar-refractivity contribution in [1.82, 2.24) is 4.98 Å². The van der Waals surface area contributed by atoms with Gasteiger partial charge in [-0.25, -0.2) is 0 Å². The molecule has 0 atom stereocenters. The van der Waals surface area contributed by atoms with E-state index in [0.29, 0.717) is 5.56 Å². The Balaban J connectivity index is 2.54. The van der Waals surface area contributed by atoms with E-state index >= 15 is 0 Å². The molecule has 1 aromatic rings. The number of azide groups is 1. The lowest BCUT2D eigenvalue weighted by atomic mass is 10.1. The second kappa shape index (κ2) is 4.90. The molecule has 0 amide bonds. The van der Waals surface area contributed by atoms with Gasteiger partial charge < -0.3 is 0 Å². The summed E-state index contributed by atoms with van der Waals surface area (Å²) in [4.78, 5) is 17.7. The van der Waals surface area contributed by atoms with Crippen molar-refractivity contribution in [2.75, 3.05) is 6.54 Å². The van der Waals surface area contributed by atoms with E-state index in [9.17, 15) is 4.79 Å². The fraction of sp³-hybridized carbons (Fsp3) is 0.250. The lowest BCUT2D eigenvalue weighted by molar-refractivity contribution is 0.0985. The van der Waals surface area contributed by atoms with Crippen molar-refractivity contribution in [3.05, 3.63) is 40.5 Å². The third-order valence-corrected chi connectivity index (χ3v) is 1.49. The molecule has 0 unspecified atom stereocenters. The van der Waals surface area contributed by atoms with Crippen LogP contribution >= 0.6 is 0 Å². The summed E-state index contributed by atoms with van der Waals surface area (Å²) in [7, 11) is 0. The van der Waals surface area contributed by atoms with Crippen LogP contribution in [0.25, 0.3) is 10.4 Å². The number of aromatic nitrogens is 1. The Hall–Kier alpha value is -1.87. The molecule has 0 aliphatic carbocycles. The first-order valence-electron chi connectivity index (χ1n) is 3.78. The molecule has 0 bridgehead atoms. The molecule has 0 aliphatic heterocycles. The van der Waals surface area contributed by atoms with Gasteiger partial charge in [-0.1, -0.05) is 5.11 Å². The van der Waals surface area contributed by atoms with Crippen LogP contribution < -0.4 is 0 Å². The monoisotopic (exact) mass is 176 g/mol. The van der Waals surface area contributed by atoms with Crippen molar-refractivity contribution in [2.24, 2.45) is 5.11 Å². The normalized spacial score (nSPS) is 8.92. The number of hydrogen-bond acceptors (Lipinski definition) is 3. The van der Waals surface area contributed by atoms with Crippen LogP contribution in [-0.4, -0.2) is 17.3 Å². The van der Waals surface area contributed by atoms with Crippen molar-refractivity contribution in [1.29, 1.82) is 0 Å². The molecular weight excluding hydrogens is 168 g/mol. The Kier molecular flexibility index (Phi) is 3.47. The summed E-state index contributed by atoms with van der Waals surface area (Å²) < 4.78 is 0. The number of rotatable bonds is 4. The van der Waals surface area contributed by atoms with Crippen LogP contribution in [0, 0.1) is 0 Å². The summed E-state index contributed by atoms with van der Waals surface area (Å²) in [5.74, 6) is -0.0551. The van der Waals surface area contributed by atoms with Crippen LogP contribution in [0.4, 0.5) is 0 Å². The molecule has 5 heteroatoms. The standard InChI is InChI=1S/C8H8N4O/c9-12-11-5-3-8(13)7-2-1-4-10-6-7/h1-2,4,6H,3,5H2. The van der Waals surface area contributed by atoms with E-state index in [1.807, 2.05) is 0 Å². The largest absolute Gasteiger partial charge is 0.294 e. The van der Waals surface area contributed by atoms with Gasteiger partial charge in [-0.05, 0) is 17.7 Å². The van der Waals surface area contributed by atoms with Gasteiger partial charge in [-0.2, -0.15) is 0 Å². The molecule has 0 radical (unpaired) electrons. The smallest absolute Gasteiger partial charge is 0.164 e. The van der Waals surface area contributed by atoms with Crippen molar-refractivity contribution < 1.29 is 4.79 Å². The molecule has 0 saturated carbocycles. The average Bonchev–Trinajstić information content (AvgIpc) is 2.19. The first kappa shape index (κ1) is 9.22. The predicted octanol–water partition coefficient (Wildman–Crippen LogP) is 1.96. The van der Waals surface area contributed by atoms with Crippen LogP contribution in [0.3, 0.4) is 0 Å². The molecule has 0 aromatic carbocycles. The molecule has 1 heterocycles. The Morgan fingerprint density at radius 1 is 1.69 bits per heavy atom. The van der Waals surface area contributed by atoms with Gasteiger partial charge in [0.1, 0.15) is 0 Å². The molecular formula is C8H8N4O. The second-order valence-electron chi connectivity index (χ2n) is 2.37. The van der Waals surface area contributed by atoms with Gasteiger partial charge >= 0.3 is 0 Å². The van der Waals surface area contributed by atoms with E-state index in [4.69, 9.17) is 5.53 Å². The number of ketones is 1. The van der Waals surface area contributed by atoms with Crippen LogP contribution in [0.2, 0.25) is 0 Å². The van der Waals surface area contributed by atoms with E-state index in [2.05, 4.69) is 15.0 Å². The Morgan fingerprint density at radius 2 is 2.54 bits per heavy atom. The van der Waals surface area contributed by atoms with Gasteiger partial charge in [0.25, 0.3) is 0 Å². The summed E-state index contributed by atoms with van der Waals surface area (Å²) in [6, 6.07) is 3.38. The molecule has 0 fully saturated rings. The molecule has 0 N–H and O–H groups in total. The zero-order valence-corrected chi connectivity index (χ0v) is 6.92. The van der Waals surface area contributed by atoms with Gasteiger partial charge in [0.05, 0.1) is 0 Å². The van der Waals surface area contributed by atoms with Crippen LogP contribution in [0.1, 0.15) is 16.8 Å². The highest BCUT2D eigenvalue weighted by molar-refractivity contribution is 5.95. The summed E-state index contributed by atoms with van der Waals surface area (Å²) in [6.07, 6.45) is 3.33. The molecule has 5 nitrogen and oxygen atoms in total. The zero-order chi connectivity index (χ0) is 9.52. The predicted molar refractivity (Wildman–Crippen MR) is 47.2 cm³/mol.